The highest BCUT2D eigenvalue weighted by Gasteiger charge is 2.25. The molecule has 0 unspecified atom stereocenters. The lowest BCUT2D eigenvalue weighted by molar-refractivity contribution is -0.122. The van der Waals surface area contributed by atoms with E-state index in [9.17, 15) is 9.59 Å². The van der Waals surface area contributed by atoms with Crippen LogP contribution < -0.4 is 24.8 Å². The van der Waals surface area contributed by atoms with Crippen molar-refractivity contribution in [3.05, 3.63) is 84.1 Å². The highest BCUT2D eigenvalue weighted by molar-refractivity contribution is 6.08. The Kier molecular flexibility index (Phi) is 6.51. The van der Waals surface area contributed by atoms with E-state index in [0.29, 0.717) is 52.0 Å². The maximum absolute atomic E-state index is 13.5. The summed E-state index contributed by atoms with van der Waals surface area (Å²) < 4.78 is 18.2. The van der Waals surface area contributed by atoms with Crippen molar-refractivity contribution in [3.8, 4) is 28.5 Å². The zero-order chi connectivity index (χ0) is 25.9. The Labute approximate surface area is 214 Å². The van der Waals surface area contributed by atoms with Gasteiger partial charge in [0.25, 0.3) is 11.8 Å². The van der Waals surface area contributed by atoms with Gasteiger partial charge in [-0.15, -0.1) is 0 Å². The minimum Gasteiger partial charge on any atom is -0.493 e. The van der Waals surface area contributed by atoms with Gasteiger partial charge in [-0.25, -0.2) is 0 Å². The van der Waals surface area contributed by atoms with Crippen molar-refractivity contribution in [2.24, 2.45) is 0 Å². The number of carbonyl (C=O) groups is 2. The molecule has 0 spiro atoms. The predicted molar refractivity (Wildman–Crippen MR) is 139 cm³/mol. The number of anilines is 2. The van der Waals surface area contributed by atoms with Crippen molar-refractivity contribution in [3.63, 3.8) is 0 Å². The Bertz CT molecular complexity index is 1460. The number of nitrogens with one attached hydrogen (secondary N) is 2. The van der Waals surface area contributed by atoms with Crippen LogP contribution in [0.5, 0.6) is 17.2 Å². The average Bonchev–Trinajstić information content (AvgIpc) is 3.33. The number of benzene rings is 3. The summed E-state index contributed by atoms with van der Waals surface area (Å²) in [7, 11) is 3.13. The van der Waals surface area contributed by atoms with Crippen molar-refractivity contribution in [2.75, 3.05) is 24.9 Å². The standard InChI is InChI=1S/C28H26N4O5/c1-17-27(33)30-22-14-20(10-12-23(22)37-17)29-28(34)21-16-32(15-18-7-5-4-6-8-18)31-26(21)19-9-11-24(35-2)25(13-19)36-3/h4-14,16-17H,15H2,1-3H3,(H,29,34)(H,30,33)/t17-/m1/s1. The van der Waals surface area contributed by atoms with E-state index in [4.69, 9.17) is 19.3 Å². The molecule has 188 valence electrons. The average molecular weight is 499 g/mol. The summed E-state index contributed by atoms with van der Waals surface area (Å²) in [5.41, 5.74) is 3.65. The largest absolute Gasteiger partial charge is 0.493 e. The SMILES string of the molecule is COc1ccc(-c2nn(Cc3ccccc3)cc2C(=O)Nc2ccc3c(c2)NC(=O)[C@@H](C)O3)cc1OC. The molecule has 1 aliphatic heterocycles. The first kappa shape index (κ1) is 23.9. The number of amides is 2. The van der Waals surface area contributed by atoms with Gasteiger partial charge in [-0.1, -0.05) is 30.3 Å². The summed E-state index contributed by atoms with van der Waals surface area (Å²) >= 11 is 0. The van der Waals surface area contributed by atoms with Gasteiger partial charge >= 0.3 is 0 Å². The zero-order valence-electron chi connectivity index (χ0n) is 20.6. The minimum absolute atomic E-state index is 0.242. The van der Waals surface area contributed by atoms with E-state index in [2.05, 4.69) is 10.6 Å². The number of nitrogens with zero attached hydrogens (tertiary/aromatic N) is 2. The molecule has 0 bridgehead atoms. The lowest BCUT2D eigenvalue weighted by Gasteiger charge is -2.23. The zero-order valence-corrected chi connectivity index (χ0v) is 20.6. The van der Waals surface area contributed by atoms with Gasteiger partial charge in [-0.2, -0.15) is 5.10 Å². The third-order valence-corrected chi connectivity index (χ3v) is 6.02. The molecule has 0 fully saturated rings. The first-order chi connectivity index (χ1) is 17.9. The smallest absolute Gasteiger partial charge is 0.265 e. The van der Waals surface area contributed by atoms with E-state index in [1.165, 1.54) is 0 Å². The van der Waals surface area contributed by atoms with Gasteiger partial charge in [0.05, 0.1) is 32.0 Å². The van der Waals surface area contributed by atoms with Crippen molar-refractivity contribution in [1.82, 2.24) is 9.78 Å². The highest BCUT2D eigenvalue weighted by Crippen LogP contribution is 2.35. The maximum atomic E-state index is 13.5. The summed E-state index contributed by atoms with van der Waals surface area (Å²) in [5.74, 6) is 1.07. The Hall–Kier alpha value is -4.79. The Morgan fingerprint density at radius 3 is 2.59 bits per heavy atom. The summed E-state index contributed by atoms with van der Waals surface area (Å²) in [5, 5.41) is 10.5. The lowest BCUT2D eigenvalue weighted by Crippen LogP contribution is -2.34. The van der Waals surface area contributed by atoms with Crippen LogP contribution in [0.15, 0.2) is 72.9 Å². The van der Waals surface area contributed by atoms with Gasteiger partial charge in [0, 0.05) is 17.4 Å². The lowest BCUT2D eigenvalue weighted by atomic mass is 10.1. The van der Waals surface area contributed by atoms with Gasteiger partial charge < -0.3 is 24.8 Å². The minimum atomic E-state index is -0.576. The third kappa shape index (κ3) is 4.97. The molecular weight excluding hydrogens is 472 g/mol. The molecular formula is C28H26N4O5. The monoisotopic (exact) mass is 498 g/mol. The fraction of sp³-hybridized carbons (Fsp3) is 0.179. The number of carbonyl (C=O) groups excluding carboxylic acids is 2. The van der Waals surface area contributed by atoms with E-state index >= 15 is 0 Å². The number of hydrogen-bond acceptors (Lipinski definition) is 6. The number of rotatable bonds is 7. The number of fused-ring (bicyclic) bond motifs is 1. The van der Waals surface area contributed by atoms with E-state index in [-0.39, 0.29) is 11.8 Å². The summed E-state index contributed by atoms with van der Waals surface area (Å²) in [6.07, 6.45) is 1.15. The molecule has 0 saturated heterocycles. The molecule has 1 aromatic heterocycles. The van der Waals surface area contributed by atoms with E-state index < -0.39 is 6.10 Å². The van der Waals surface area contributed by atoms with Crippen LogP contribution in [0.3, 0.4) is 0 Å². The van der Waals surface area contributed by atoms with Crippen LogP contribution in [0.25, 0.3) is 11.3 Å². The van der Waals surface area contributed by atoms with Gasteiger partial charge in [-0.05, 0) is 48.9 Å². The topological polar surface area (TPSA) is 104 Å². The second-order valence-corrected chi connectivity index (χ2v) is 8.56. The molecule has 9 heteroatoms. The van der Waals surface area contributed by atoms with Gasteiger partial charge in [-0.3, -0.25) is 14.3 Å². The summed E-state index contributed by atoms with van der Waals surface area (Å²) in [4.78, 5) is 25.5. The number of methoxy groups -OCH3 is 2. The second kappa shape index (κ2) is 10.1. The van der Waals surface area contributed by atoms with Crippen molar-refractivity contribution in [1.29, 1.82) is 0 Å². The molecule has 0 radical (unpaired) electrons. The van der Waals surface area contributed by atoms with Crippen LogP contribution in [-0.4, -0.2) is 41.9 Å². The molecule has 9 nitrogen and oxygen atoms in total. The number of ether oxygens (including phenoxy) is 3. The Balaban J connectivity index is 1.49. The molecule has 2 amide bonds. The molecule has 0 aliphatic carbocycles. The molecule has 4 aromatic rings. The predicted octanol–water partition coefficient (Wildman–Crippen LogP) is 4.59. The molecule has 1 atom stereocenters. The first-order valence-corrected chi connectivity index (χ1v) is 11.7. The molecule has 0 saturated carbocycles. The van der Waals surface area contributed by atoms with Crippen LogP contribution in [0.4, 0.5) is 11.4 Å². The fourth-order valence-electron chi connectivity index (χ4n) is 4.12. The molecule has 3 aromatic carbocycles. The Morgan fingerprint density at radius 2 is 1.84 bits per heavy atom. The second-order valence-electron chi connectivity index (χ2n) is 8.56. The van der Waals surface area contributed by atoms with Gasteiger partial charge in [0.2, 0.25) is 0 Å². The normalized spacial score (nSPS) is 14.2. The van der Waals surface area contributed by atoms with Crippen molar-refractivity contribution in [2.45, 2.75) is 19.6 Å². The van der Waals surface area contributed by atoms with Crippen LogP contribution in [0, 0.1) is 0 Å². The molecule has 37 heavy (non-hydrogen) atoms. The molecule has 1 aliphatic rings. The van der Waals surface area contributed by atoms with Gasteiger partial charge in [0.15, 0.2) is 17.6 Å². The third-order valence-electron chi connectivity index (χ3n) is 6.02. The van der Waals surface area contributed by atoms with Crippen LogP contribution in [0.1, 0.15) is 22.8 Å². The molecule has 2 N–H and O–H groups in total. The quantitative estimate of drug-likeness (QED) is 0.386. The van der Waals surface area contributed by atoms with Crippen LogP contribution in [-0.2, 0) is 11.3 Å². The van der Waals surface area contributed by atoms with Crippen molar-refractivity contribution >= 4 is 23.2 Å². The van der Waals surface area contributed by atoms with E-state index in [0.717, 1.165) is 5.56 Å². The Morgan fingerprint density at radius 1 is 1.05 bits per heavy atom. The highest BCUT2D eigenvalue weighted by atomic mass is 16.5. The number of aromatic nitrogens is 2. The van der Waals surface area contributed by atoms with E-state index in [1.807, 2.05) is 36.4 Å². The first-order valence-electron chi connectivity index (χ1n) is 11.7. The van der Waals surface area contributed by atoms with Crippen LogP contribution in [0.2, 0.25) is 0 Å². The summed E-state index contributed by atoms with van der Waals surface area (Å²) in [6.45, 7) is 2.17. The van der Waals surface area contributed by atoms with Gasteiger partial charge in [0.1, 0.15) is 11.4 Å². The summed E-state index contributed by atoms with van der Waals surface area (Å²) in [6, 6.07) is 20.4. The maximum Gasteiger partial charge on any atom is 0.265 e. The number of hydrogen-bond donors (Lipinski definition) is 2. The molecule has 2 heterocycles. The van der Waals surface area contributed by atoms with E-state index in [1.54, 1.807) is 62.4 Å². The van der Waals surface area contributed by atoms with Crippen LogP contribution >= 0.6 is 0 Å². The fourth-order valence-corrected chi connectivity index (χ4v) is 4.12. The molecule has 5 rings (SSSR count). The van der Waals surface area contributed by atoms with Crippen molar-refractivity contribution < 1.29 is 23.8 Å².